The van der Waals surface area contributed by atoms with Gasteiger partial charge in [0.15, 0.2) is 0 Å². The molecule has 0 bridgehead atoms. The molecule has 0 unspecified atom stereocenters. The highest BCUT2D eigenvalue weighted by Crippen LogP contribution is 2.11. The molecule has 1 rings (SSSR count). The van der Waals surface area contributed by atoms with Gasteiger partial charge in [-0.2, -0.15) is 0 Å². The van der Waals surface area contributed by atoms with Gasteiger partial charge >= 0.3 is 0 Å². The minimum atomic E-state index is -0.770. The maximum Gasteiger partial charge on any atom is 0.254 e. The number of benzene rings is 1. The Kier molecular flexibility index (Phi) is 6.38. The zero-order valence-electron chi connectivity index (χ0n) is 10.9. The van der Waals surface area contributed by atoms with Crippen molar-refractivity contribution in [3.05, 3.63) is 35.4 Å². The van der Waals surface area contributed by atoms with Crippen LogP contribution < -0.4 is 5.73 Å². The predicted molar refractivity (Wildman–Crippen MR) is 67.8 cm³/mol. The van der Waals surface area contributed by atoms with Gasteiger partial charge in [-0.1, -0.05) is 0 Å². The third kappa shape index (κ3) is 4.92. The summed E-state index contributed by atoms with van der Waals surface area (Å²) in [7, 11) is 1.52. The van der Waals surface area contributed by atoms with E-state index < -0.39 is 17.5 Å². The molecule has 0 aliphatic carbocycles. The van der Waals surface area contributed by atoms with Crippen molar-refractivity contribution in [3.8, 4) is 0 Å². The number of methoxy groups -OCH3 is 1. The molecule has 106 valence electrons. The van der Waals surface area contributed by atoms with Gasteiger partial charge in [-0.3, -0.25) is 4.79 Å². The van der Waals surface area contributed by atoms with E-state index in [0.717, 1.165) is 18.2 Å². The lowest BCUT2D eigenvalue weighted by molar-refractivity contribution is 0.0693. The summed E-state index contributed by atoms with van der Waals surface area (Å²) in [6.45, 7) is 1.58. The molecule has 0 fully saturated rings. The second-order valence-electron chi connectivity index (χ2n) is 4.09. The van der Waals surface area contributed by atoms with E-state index in [4.69, 9.17) is 10.5 Å². The van der Waals surface area contributed by atoms with E-state index in [0.29, 0.717) is 32.7 Å². The van der Waals surface area contributed by atoms with Gasteiger partial charge in [0.2, 0.25) is 0 Å². The van der Waals surface area contributed by atoms with Gasteiger partial charge in [-0.15, -0.1) is 0 Å². The molecular weight excluding hydrogens is 254 g/mol. The molecule has 4 nitrogen and oxygen atoms in total. The summed E-state index contributed by atoms with van der Waals surface area (Å²) in [5.74, 6) is -1.97. The first-order chi connectivity index (χ1) is 9.08. The molecule has 0 saturated heterocycles. The van der Waals surface area contributed by atoms with Crippen LogP contribution in [0.2, 0.25) is 0 Å². The number of amides is 1. The zero-order valence-corrected chi connectivity index (χ0v) is 10.9. The van der Waals surface area contributed by atoms with Crippen molar-refractivity contribution >= 4 is 5.91 Å². The average Bonchev–Trinajstić information content (AvgIpc) is 2.37. The first-order valence-electron chi connectivity index (χ1n) is 6.03. The Labute approximate surface area is 111 Å². The number of hydrogen-bond donors (Lipinski definition) is 1. The lowest BCUT2D eigenvalue weighted by Gasteiger charge is -2.22. The average molecular weight is 272 g/mol. The van der Waals surface area contributed by atoms with Crippen molar-refractivity contribution in [3.63, 3.8) is 0 Å². The summed E-state index contributed by atoms with van der Waals surface area (Å²) < 4.78 is 31.1. The fourth-order valence-corrected chi connectivity index (χ4v) is 1.66. The first kappa shape index (κ1) is 15.5. The highest BCUT2D eigenvalue weighted by molar-refractivity contribution is 5.94. The number of hydrogen-bond acceptors (Lipinski definition) is 3. The number of nitrogens with zero attached hydrogens (tertiary/aromatic N) is 1. The van der Waals surface area contributed by atoms with E-state index in [9.17, 15) is 13.6 Å². The Morgan fingerprint density at radius 1 is 1.26 bits per heavy atom. The first-order valence-corrected chi connectivity index (χ1v) is 6.03. The summed E-state index contributed by atoms with van der Waals surface area (Å²) in [6, 6.07) is 2.78. The third-order valence-corrected chi connectivity index (χ3v) is 2.59. The second kappa shape index (κ2) is 7.81. The minimum absolute atomic E-state index is 0.00868. The molecule has 0 spiro atoms. The van der Waals surface area contributed by atoms with E-state index in [1.54, 1.807) is 0 Å². The number of nitrogens with two attached hydrogens (primary N) is 1. The van der Waals surface area contributed by atoms with Gasteiger partial charge in [0.25, 0.3) is 5.91 Å². The Balaban J connectivity index is 2.84. The van der Waals surface area contributed by atoms with Gasteiger partial charge in [-0.25, -0.2) is 8.78 Å². The molecule has 0 aromatic heterocycles. The molecule has 0 radical (unpaired) electrons. The van der Waals surface area contributed by atoms with Crippen LogP contribution in [-0.2, 0) is 4.74 Å². The van der Waals surface area contributed by atoms with Crippen molar-refractivity contribution in [2.75, 3.05) is 33.4 Å². The lowest BCUT2D eigenvalue weighted by Crippen LogP contribution is -2.35. The summed E-state index contributed by atoms with van der Waals surface area (Å²) in [5.41, 5.74) is 5.39. The highest BCUT2D eigenvalue weighted by atomic mass is 19.1. The number of carbonyl (C=O) groups excluding carboxylic acids is 1. The van der Waals surface area contributed by atoms with Crippen LogP contribution in [0.1, 0.15) is 16.8 Å². The molecule has 0 aliphatic rings. The molecule has 2 N–H and O–H groups in total. The van der Waals surface area contributed by atoms with Crippen molar-refractivity contribution in [1.29, 1.82) is 0 Å². The SMILES string of the molecule is COCCN(CCCN)C(=O)c1cc(F)cc(F)c1. The largest absolute Gasteiger partial charge is 0.383 e. The Morgan fingerprint density at radius 2 is 1.89 bits per heavy atom. The van der Waals surface area contributed by atoms with Crippen molar-refractivity contribution in [1.82, 2.24) is 4.90 Å². The van der Waals surface area contributed by atoms with E-state index in [1.165, 1.54) is 12.0 Å². The van der Waals surface area contributed by atoms with Gasteiger partial charge in [0.05, 0.1) is 6.61 Å². The predicted octanol–water partition coefficient (Wildman–Crippen LogP) is 1.40. The summed E-state index contributed by atoms with van der Waals surface area (Å²) in [5, 5.41) is 0. The van der Waals surface area contributed by atoms with Crippen molar-refractivity contribution in [2.24, 2.45) is 5.73 Å². The standard InChI is InChI=1S/C13H18F2N2O2/c1-19-6-5-17(4-2-3-16)13(18)10-7-11(14)9-12(15)8-10/h7-9H,2-6,16H2,1H3. The summed E-state index contributed by atoms with van der Waals surface area (Å²) in [4.78, 5) is 13.6. The molecular formula is C13H18F2N2O2. The van der Waals surface area contributed by atoms with Crippen LogP contribution in [0.3, 0.4) is 0 Å². The number of carbonyl (C=O) groups is 1. The Bertz CT molecular complexity index is 399. The quantitative estimate of drug-likeness (QED) is 0.816. The molecule has 1 aromatic carbocycles. The number of ether oxygens (including phenoxy) is 1. The summed E-state index contributed by atoms with van der Waals surface area (Å²) in [6.07, 6.45) is 0.618. The minimum Gasteiger partial charge on any atom is -0.383 e. The van der Waals surface area contributed by atoms with Crippen LogP contribution in [0.15, 0.2) is 18.2 Å². The van der Waals surface area contributed by atoms with Crippen molar-refractivity contribution in [2.45, 2.75) is 6.42 Å². The van der Waals surface area contributed by atoms with Crippen LogP contribution in [0.4, 0.5) is 8.78 Å². The smallest absolute Gasteiger partial charge is 0.254 e. The van der Waals surface area contributed by atoms with E-state index in [-0.39, 0.29) is 5.56 Å². The van der Waals surface area contributed by atoms with E-state index in [1.807, 2.05) is 0 Å². The normalized spacial score (nSPS) is 10.5. The van der Waals surface area contributed by atoms with E-state index >= 15 is 0 Å². The van der Waals surface area contributed by atoms with E-state index in [2.05, 4.69) is 0 Å². The van der Waals surface area contributed by atoms with Crippen LogP contribution in [0.5, 0.6) is 0 Å². The van der Waals surface area contributed by atoms with Gasteiger partial charge in [-0.05, 0) is 25.1 Å². The maximum atomic E-state index is 13.1. The molecule has 0 atom stereocenters. The lowest BCUT2D eigenvalue weighted by atomic mass is 10.2. The fraction of sp³-hybridized carbons (Fsp3) is 0.462. The van der Waals surface area contributed by atoms with Crippen LogP contribution in [0.25, 0.3) is 0 Å². The molecule has 6 heteroatoms. The number of halogens is 2. The molecule has 0 saturated carbocycles. The third-order valence-electron chi connectivity index (χ3n) is 2.59. The topological polar surface area (TPSA) is 55.6 Å². The zero-order chi connectivity index (χ0) is 14.3. The highest BCUT2D eigenvalue weighted by Gasteiger charge is 2.16. The second-order valence-corrected chi connectivity index (χ2v) is 4.09. The monoisotopic (exact) mass is 272 g/mol. The van der Waals surface area contributed by atoms with Crippen LogP contribution in [-0.4, -0.2) is 44.2 Å². The van der Waals surface area contributed by atoms with Crippen LogP contribution in [0, 0.1) is 11.6 Å². The van der Waals surface area contributed by atoms with Gasteiger partial charge in [0, 0.05) is 31.8 Å². The maximum absolute atomic E-state index is 13.1. The van der Waals surface area contributed by atoms with Crippen LogP contribution >= 0.6 is 0 Å². The Hall–Kier alpha value is -1.53. The molecule has 0 heterocycles. The molecule has 1 amide bonds. The molecule has 1 aromatic rings. The Morgan fingerprint density at radius 3 is 2.42 bits per heavy atom. The fourth-order valence-electron chi connectivity index (χ4n) is 1.66. The van der Waals surface area contributed by atoms with Gasteiger partial charge < -0.3 is 15.4 Å². The number of rotatable bonds is 7. The van der Waals surface area contributed by atoms with Gasteiger partial charge in [0.1, 0.15) is 11.6 Å². The molecule has 19 heavy (non-hydrogen) atoms. The summed E-state index contributed by atoms with van der Waals surface area (Å²) >= 11 is 0. The van der Waals surface area contributed by atoms with Crippen molar-refractivity contribution < 1.29 is 18.3 Å². The molecule has 0 aliphatic heterocycles.